The molecule has 0 radical (unpaired) electrons. The highest BCUT2D eigenvalue weighted by atomic mass is 16.6. The minimum Gasteiger partial charge on any atom is -0.504 e. The summed E-state index contributed by atoms with van der Waals surface area (Å²) in [7, 11) is 1.48. The molecule has 4 fully saturated rings. The van der Waals surface area contributed by atoms with Crippen LogP contribution in [-0.4, -0.2) is 46.6 Å². The number of rotatable bonds is 5. The first-order chi connectivity index (χ1) is 22.0. The number of aromatic hydroxyl groups is 1. The summed E-state index contributed by atoms with van der Waals surface area (Å²) in [5.74, 6) is 0.705. The molecule has 0 saturated heterocycles. The predicted octanol–water partition coefficient (Wildman–Crippen LogP) is 8.04. The van der Waals surface area contributed by atoms with E-state index in [2.05, 4.69) is 54.5 Å². The number of ether oxygens (including phenoxy) is 2. The molecule has 47 heavy (non-hydrogen) atoms. The van der Waals surface area contributed by atoms with Gasteiger partial charge < -0.3 is 24.8 Å². The molecule has 0 spiro atoms. The van der Waals surface area contributed by atoms with Crippen LogP contribution in [0.25, 0.3) is 6.08 Å². The zero-order valence-electron chi connectivity index (χ0n) is 29.6. The molecule has 0 aliphatic heterocycles. The lowest BCUT2D eigenvalue weighted by Crippen LogP contribution is -2.67. The number of aliphatic carboxylic acids is 1. The fourth-order valence-electron chi connectivity index (χ4n) is 12.3. The zero-order valence-corrected chi connectivity index (χ0v) is 29.6. The van der Waals surface area contributed by atoms with Crippen molar-refractivity contribution >= 4 is 18.0 Å². The summed E-state index contributed by atoms with van der Waals surface area (Å²) in [6.45, 7) is 16.2. The van der Waals surface area contributed by atoms with Gasteiger partial charge in [-0.25, -0.2) is 4.79 Å². The van der Waals surface area contributed by atoms with Crippen LogP contribution >= 0.6 is 0 Å². The Balaban J connectivity index is 1.28. The SMILES string of the molecule is COc1cc(/C=C\C(=O)O[C@@H]2[C@@H](O)C[C@@]3(C)[C@H](CC[C@]4(C)[C@@H]3CC=C3[C@H]5[C@@H](C)[C@@H](C)CC[C@]5(C(=O)O)CC[C@]34C)C2(C)C)ccc1O. The van der Waals surface area contributed by atoms with Crippen LogP contribution < -0.4 is 4.74 Å². The third-order valence-electron chi connectivity index (χ3n) is 15.2. The highest BCUT2D eigenvalue weighted by molar-refractivity contribution is 5.87. The van der Waals surface area contributed by atoms with Crippen LogP contribution in [0.5, 0.6) is 11.5 Å². The topological polar surface area (TPSA) is 113 Å². The Hall–Kier alpha value is -2.80. The number of carbonyl (C=O) groups is 2. The molecule has 6 rings (SSSR count). The summed E-state index contributed by atoms with van der Waals surface area (Å²) >= 11 is 0. The molecule has 0 aromatic heterocycles. The summed E-state index contributed by atoms with van der Waals surface area (Å²) in [5.41, 5.74) is 0.686. The standard InChI is InChI=1S/C40H56O7/c1-23-15-18-40(35(44)45)20-19-38(6)26(33(40)24(23)2)11-13-31-37(5)22-28(42)34(36(3,4)30(37)16-17-39(31,38)7)47-32(43)14-10-25-9-12-27(41)29(21-25)46-8/h9-12,14,21,23-24,28,30-31,33-34,41-42H,13,15-20,22H2,1-8H3,(H,44,45)/b14-10-/t23-,24-,28-,30+,31+,33+,34+,37-,38+,39+,40-/m0/s1. The van der Waals surface area contributed by atoms with Gasteiger partial charge in [-0.1, -0.05) is 66.2 Å². The van der Waals surface area contributed by atoms with Crippen molar-refractivity contribution in [2.45, 2.75) is 112 Å². The van der Waals surface area contributed by atoms with E-state index >= 15 is 0 Å². The second kappa shape index (κ2) is 11.4. The fourth-order valence-corrected chi connectivity index (χ4v) is 12.3. The van der Waals surface area contributed by atoms with Crippen LogP contribution in [0.4, 0.5) is 0 Å². The van der Waals surface area contributed by atoms with Gasteiger partial charge in [0.15, 0.2) is 11.5 Å². The number of hydrogen-bond donors (Lipinski definition) is 3. The molecule has 7 nitrogen and oxygen atoms in total. The lowest BCUT2D eigenvalue weighted by Gasteiger charge is -2.71. The number of aliphatic hydroxyl groups excluding tert-OH is 1. The van der Waals surface area contributed by atoms with Gasteiger partial charge in [-0.15, -0.1) is 0 Å². The molecule has 5 aliphatic rings. The van der Waals surface area contributed by atoms with E-state index in [1.54, 1.807) is 18.2 Å². The van der Waals surface area contributed by atoms with Crippen LogP contribution in [0, 0.1) is 56.7 Å². The van der Waals surface area contributed by atoms with E-state index in [0.29, 0.717) is 35.5 Å². The van der Waals surface area contributed by atoms with E-state index in [9.17, 15) is 24.9 Å². The number of benzene rings is 1. The van der Waals surface area contributed by atoms with Crippen LogP contribution in [0.2, 0.25) is 0 Å². The van der Waals surface area contributed by atoms with Gasteiger partial charge in [-0.2, -0.15) is 0 Å². The number of carboxylic acid groups (broad SMARTS) is 1. The molecule has 0 heterocycles. The average molecular weight is 649 g/mol. The van der Waals surface area contributed by atoms with E-state index < -0.39 is 35.0 Å². The number of esters is 1. The lowest BCUT2D eigenvalue weighted by molar-refractivity contribution is -0.238. The van der Waals surface area contributed by atoms with Gasteiger partial charge in [0.25, 0.3) is 0 Å². The van der Waals surface area contributed by atoms with Crippen molar-refractivity contribution < 1.29 is 34.4 Å². The Bertz CT molecular complexity index is 1490. The van der Waals surface area contributed by atoms with E-state index in [4.69, 9.17) is 9.47 Å². The Morgan fingerprint density at radius 3 is 2.38 bits per heavy atom. The number of carbonyl (C=O) groups excluding carboxylic acids is 1. The van der Waals surface area contributed by atoms with E-state index in [0.717, 1.165) is 44.9 Å². The van der Waals surface area contributed by atoms with Crippen molar-refractivity contribution in [1.82, 2.24) is 0 Å². The summed E-state index contributed by atoms with van der Waals surface area (Å²) < 4.78 is 11.3. The number of hydrogen-bond acceptors (Lipinski definition) is 6. The van der Waals surface area contributed by atoms with E-state index in [1.165, 1.54) is 24.8 Å². The number of allylic oxidation sites excluding steroid dienone is 2. The van der Waals surface area contributed by atoms with Gasteiger partial charge >= 0.3 is 11.9 Å². The molecule has 1 aromatic rings. The van der Waals surface area contributed by atoms with Crippen molar-refractivity contribution in [3.63, 3.8) is 0 Å². The predicted molar refractivity (Wildman–Crippen MR) is 182 cm³/mol. The van der Waals surface area contributed by atoms with E-state index in [1.807, 2.05) is 0 Å². The highest BCUT2D eigenvalue weighted by Crippen LogP contribution is 2.75. The summed E-state index contributed by atoms with van der Waals surface area (Å²) in [6, 6.07) is 4.86. The number of phenols is 1. The molecule has 11 atom stereocenters. The highest BCUT2D eigenvalue weighted by Gasteiger charge is 2.70. The van der Waals surface area contributed by atoms with Gasteiger partial charge in [0, 0.05) is 11.5 Å². The molecule has 0 unspecified atom stereocenters. The molecule has 4 saturated carbocycles. The van der Waals surface area contributed by atoms with Crippen molar-refractivity contribution in [1.29, 1.82) is 0 Å². The number of carboxylic acids is 1. The second-order valence-electron chi connectivity index (χ2n) is 17.3. The van der Waals surface area contributed by atoms with Crippen molar-refractivity contribution in [3.05, 3.63) is 41.5 Å². The van der Waals surface area contributed by atoms with Crippen LogP contribution in [0.15, 0.2) is 35.9 Å². The number of methoxy groups -OCH3 is 1. The molecule has 1 aromatic carbocycles. The Morgan fingerprint density at radius 2 is 1.70 bits per heavy atom. The lowest BCUT2D eigenvalue weighted by atomic mass is 9.33. The Morgan fingerprint density at radius 1 is 0.979 bits per heavy atom. The third-order valence-corrected chi connectivity index (χ3v) is 15.2. The van der Waals surface area contributed by atoms with E-state index in [-0.39, 0.29) is 33.8 Å². The first-order valence-electron chi connectivity index (χ1n) is 17.8. The molecule has 258 valence electrons. The largest absolute Gasteiger partial charge is 0.504 e. The molecule has 0 amide bonds. The monoisotopic (exact) mass is 648 g/mol. The van der Waals surface area contributed by atoms with Gasteiger partial charge in [0.05, 0.1) is 18.6 Å². The van der Waals surface area contributed by atoms with Crippen molar-refractivity contribution in [2.75, 3.05) is 7.11 Å². The molecule has 7 heteroatoms. The van der Waals surface area contributed by atoms with Crippen LogP contribution in [0.3, 0.4) is 0 Å². The summed E-state index contributed by atoms with van der Waals surface area (Å²) in [6.07, 6.45) is 10.9. The van der Waals surface area contributed by atoms with Crippen LogP contribution in [-0.2, 0) is 14.3 Å². The molecule has 3 N–H and O–H groups in total. The van der Waals surface area contributed by atoms with Gasteiger partial charge in [-0.3, -0.25) is 4.79 Å². The van der Waals surface area contributed by atoms with Gasteiger partial charge in [0.2, 0.25) is 0 Å². The maximum absolute atomic E-state index is 13.1. The van der Waals surface area contributed by atoms with Gasteiger partial charge in [0.1, 0.15) is 6.10 Å². The Kier molecular flexibility index (Phi) is 8.26. The van der Waals surface area contributed by atoms with Crippen molar-refractivity contribution in [2.24, 2.45) is 56.7 Å². The summed E-state index contributed by atoms with van der Waals surface area (Å²) in [5, 5.41) is 32.4. The van der Waals surface area contributed by atoms with Crippen molar-refractivity contribution in [3.8, 4) is 11.5 Å². The fraction of sp³-hybridized carbons (Fsp3) is 0.700. The third kappa shape index (κ3) is 4.83. The van der Waals surface area contributed by atoms with Crippen LogP contribution in [0.1, 0.15) is 105 Å². The first-order valence-corrected chi connectivity index (χ1v) is 17.8. The molecular weight excluding hydrogens is 592 g/mol. The minimum atomic E-state index is -0.803. The molecule has 5 aliphatic carbocycles. The minimum absolute atomic E-state index is 0.0272. The quantitative estimate of drug-likeness (QED) is 0.168. The zero-order chi connectivity index (χ0) is 34.3. The number of aliphatic hydroxyl groups is 1. The second-order valence-corrected chi connectivity index (χ2v) is 17.3. The normalized spacial score (nSPS) is 43.9. The molecule has 0 bridgehead atoms. The maximum atomic E-state index is 13.1. The maximum Gasteiger partial charge on any atom is 0.331 e. The Labute approximate surface area is 280 Å². The summed E-state index contributed by atoms with van der Waals surface area (Å²) in [4.78, 5) is 26.1. The molecular formula is C40H56O7. The first kappa shape index (κ1) is 34.1. The average Bonchev–Trinajstić information content (AvgIpc) is 3.00. The van der Waals surface area contributed by atoms with Gasteiger partial charge in [-0.05, 0) is 121 Å². The number of fused-ring (bicyclic) bond motifs is 7. The number of phenolic OH excluding ortho intramolecular Hbond substituents is 1. The smallest absolute Gasteiger partial charge is 0.331 e.